The first-order valence-electron chi connectivity index (χ1n) is 12.2. The van der Waals surface area contributed by atoms with Crippen LogP contribution in [0.1, 0.15) is 16.9 Å². The van der Waals surface area contributed by atoms with E-state index < -0.39 is 5.91 Å². The van der Waals surface area contributed by atoms with Crippen molar-refractivity contribution in [1.82, 2.24) is 15.0 Å². The Bertz CT molecular complexity index is 1600. The Morgan fingerprint density at radius 3 is 2.69 bits per heavy atom. The number of nitrogens with two attached hydrogens (primary N) is 2. The molecule has 39 heavy (non-hydrogen) atoms. The molecule has 1 aliphatic carbocycles. The van der Waals surface area contributed by atoms with Gasteiger partial charge in [0, 0.05) is 35.6 Å². The third-order valence-corrected chi connectivity index (χ3v) is 5.66. The number of carbonyl (C=O) groups is 1. The van der Waals surface area contributed by atoms with Crippen LogP contribution in [0.3, 0.4) is 0 Å². The van der Waals surface area contributed by atoms with Crippen LogP contribution in [-0.2, 0) is 0 Å². The molecule has 4 aromatic rings. The normalized spacial score (nSPS) is 12.4. The lowest BCUT2D eigenvalue weighted by molar-refractivity contribution is 0.0995. The van der Waals surface area contributed by atoms with E-state index >= 15 is 0 Å². The number of carbonyl (C=O) groups excluding carboxylic acids is 1. The van der Waals surface area contributed by atoms with Crippen LogP contribution >= 0.6 is 0 Å². The molecule has 2 aromatic carbocycles. The number of allylic oxidation sites excluding steroid dienone is 4. The fourth-order valence-corrected chi connectivity index (χ4v) is 3.84. The number of pyridine rings is 1. The SMILES string of the molecule is NC(=O)c1cc(Oc2cccc(Nc3cc(-c4cccc(OCC5=CC=CCC=C5)c4)nc(N)n3)c2)ccn1. The first kappa shape index (κ1) is 25.2. The zero-order valence-corrected chi connectivity index (χ0v) is 21.0. The van der Waals surface area contributed by atoms with Gasteiger partial charge in [-0.3, -0.25) is 9.78 Å². The zero-order valence-electron chi connectivity index (χ0n) is 21.0. The second-order valence-corrected chi connectivity index (χ2v) is 8.62. The smallest absolute Gasteiger partial charge is 0.267 e. The maximum atomic E-state index is 11.4. The van der Waals surface area contributed by atoms with E-state index in [0.29, 0.717) is 29.6 Å². The monoisotopic (exact) mass is 518 g/mol. The molecular weight excluding hydrogens is 492 g/mol. The number of nitrogens with zero attached hydrogens (tertiary/aromatic N) is 3. The van der Waals surface area contributed by atoms with E-state index in [1.165, 1.54) is 12.3 Å². The van der Waals surface area contributed by atoms with Crippen molar-refractivity contribution in [2.45, 2.75) is 6.42 Å². The summed E-state index contributed by atoms with van der Waals surface area (Å²) in [7, 11) is 0. The van der Waals surface area contributed by atoms with Crippen molar-refractivity contribution in [1.29, 1.82) is 0 Å². The van der Waals surface area contributed by atoms with E-state index in [2.05, 4.69) is 38.5 Å². The van der Waals surface area contributed by atoms with Gasteiger partial charge >= 0.3 is 0 Å². The second kappa shape index (κ2) is 11.7. The second-order valence-electron chi connectivity index (χ2n) is 8.62. The number of ether oxygens (including phenoxy) is 2. The lowest BCUT2D eigenvalue weighted by Crippen LogP contribution is -2.12. The van der Waals surface area contributed by atoms with Crippen molar-refractivity contribution in [2.24, 2.45) is 5.73 Å². The van der Waals surface area contributed by atoms with Crippen LogP contribution in [0.15, 0.2) is 109 Å². The Morgan fingerprint density at radius 1 is 0.949 bits per heavy atom. The standard InChI is InChI=1S/C30H26N6O3/c31-29(37)27-17-25(13-14-33-27)39-24-12-6-10-22(16-24)34-28-18-26(35-30(32)36-28)21-9-5-11-23(15-21)38-19-20-7-3-1-2-4-8-20/h1,3-18H,2,19H2,(H2,31,37)(H3,32,34,35,36). The number of hydrogen-bond acceptors (Lipinski definition) is 8. The zero-order chi connectivity index (χ0) is 27.0. The van der Waals surface area contributed by atoms with E-state index in [1.54, 1.807) is 18.2 Å². The molecule has 0 fully saturated rings. The number of anilines is 3. The Labute approximate surface area is 225 Å². The summed E-state index contributed by atoms with van der Waals surface area (Å²) in [5.41, 5.74) is 14.8. The summed E-state index contributed by atoms with van der Waals surface area (Å²) in [6.07, 6.45) is 12.7. The van der Waals surface area contributed by atoms with Gasteiger partial charge in [-0.15, -0.1) is 0 Å². The lowest BCUT2D eigenvalue weighted by Gasteiger charge is -2.12. The van der Waals surface area contributed by atoms with Crippen LogP contribution in [0, 0.1) is 0 Å². The van der Waals surface area contributed by atoms with Crippen LogP contribution in [0.25, 0.3) is 11.3 Å². The molecule has 0 aliphatic heterocycles. The highest BCUT2D eigenvalue weighted by atomic mass is 16.5. The molecule has 0 radical (unpaired) electrons. The molecule has 9 heteroatoms. The Morgan fingerprint density at radius 2 is 1.79 bits per heavy atom. The Kier molecular flexibility index (Phi) is 7.59. The van der Waals surface area contributed by atoms with Gasteiger partial charge in [-0.2, -0.15) is 4.98 Å². The number of rotatable bonds is 9. The molecule has 1 amide bonds. The molecule has 9 nitrogen and oxygen atoms in total. The highest BCUT2D eigenvalue weighted by molar-refractivity contribution is 5.91. The van der Waals surface area contributed by atoms with E-state index in [1.807, 2.05) is 54.6 Å². The van der Waals surface area contributed by atoms with Gasteiger partial charge in [0.2, 0.25) is 5.95 Å². The largest absolute Gasteiger partial charge is 0.489 e. The number of benzene rings is 2. The van der Waals surface area contributed by atoms with Gasteiger partial charge in [-0.1, -0.05) is 48.6 Å². The molecule has 2 heterocycles. The van der Waals surface area contributed by atoms with Crippen molar-refractivity contribution < 1.29 is 14.3 Å². The highest BCUT2D eigenvalue weighted by Crippen LogP contribution is 2.29. The van der Waals surface area contributed by atoms with Crippen molar-refractivity contribution in [3.8, 4) is 28.5 Å². The highest BCUT2D eigenvalue weighted by Gasteiger charge is 2.09. The number of amides is 1. The first-order chi connectivity index (χ1) is 19.0. The summed E-state index contributed by atoms with van der Waals surface area (Å²) in [5.74, 6) is 1.72. The minimum absolute atomic E-state index is 0.121. The maximum absolute atomic E-state index is 11.4. The Balaban J connectivity index is 1.31. The third kappa shape index (κ3) is 6.86. The minimum Gasteiger partial charge on any atom is -0.489 e. The molecule has 5 rings (SSSR count). The average molecular weight is 519 g/mol. The van der Waals surface area contributed by atoms with Gasteiger partial charge in [0.25, 0.3) is 5.91 Å². The molecular formula is C30H26N6O3. The average Bonchev–Trinajstić information content (AvgIpc) is 3.21. The Hall–Kier alpha value is -5.44. The molecule has 194 valence electrons. The van der Waals surface area contributed by atoms with Gasteiger partial charge in [0.15, 0.2) is 0 Å². The minimum atomic E-state index is -0.628. The van der Waals surface area contributed by atoms with Gasteiger partial charge in [-0.25, -0.2) is 4.98 Å². The molecule has 0 spiro atoms. The van der Waals surface area contributed by atoms with Crippen LogP contribution in [0.2, 0.25) is 0 Å². The first-order valence-corrected chi connectivity index (χ1v) is 12.2. The van der Waals surface area contributed by atoms with Crippen LogP contribution in [0.4, 0.5) is 17.5 Å². The third-order valence-electron chi connectivity index (χ3n) is 5.66. The fourth-order valence-electron chi connectivity index (χ4n) is 3.84. The predicted octanol–water partition coefficient (Wildman–Crippen LogP) is 5.58. The molecule has 0 bridgehead atoms. The summed E-state index contributed by atoms with van der Waals surface area (Å²) in [6, 6.07) is 19.9. The number of nitrogen functional groups attached to an aromatic ring is 1. The molecule has 0 saturated heterocycles. The van der Waals surface area contributed by atoms with Gasteiger partial charge in [0.1, 0.15) is 35.4 Å². The number of primary amides is 1. The van der Waals surface area contributed by atoms with E-state index in [-0.39, 0.29) is 11.6 Å². The molecule has 0 saturated carbocycles. The summed E-state index contributed by atoms with van der Waals surface area (Å²) in [4.78, 5) is 24.1. The van der Waals surface area contributed by atoms with E-state index in [0.717, 1.165) is 29.0 Å². The molecule has 2 aromatic heterocycles. The number of nitrogens with one attached hydrogen (secondary N) is 1. The van der Waals surface area contributed by atoms with Gasteiger partial charge in [0.05, 0.1) is 5.69 Å². The topological polar surface area (TPSA) is 138 Å². The summed E-state index contributed by atoms with van der Waals surface area (Å²) >= 11 is 0. The molecule has 5 N–H and O–H groups in total. The van der Waals surface area contributed by atoms with Crippen LogP contribution in [-0.4, -0.2) is 27.5 Å². The van der Waals surface area contributed by atoms with Gasteiger partial charge < -0.3 is 26.3 Å². The fraction of sp³-hybridized carbons (Fsp3) is 0.0667. The quantitative estimate of drug-likeness (QED) is 0.261. The van der Waals surface area contributed by atoms with Crippen molar-refractivity contribution in [3.63, 3.8) is 0 Å². The number of hydrogen-bond donors (Lipinski definition) is 3. The molecule has 1 aliphatic rings. The van der Waals surface area contributed by atoms with Crippen molar-refractivity contribution >= 4 is 23.4 Å². The van der Waals surface area contributed by atoms with Crippen molar-refractivity contribution in [2.75, 3.05) is 17.7 Å². The van der Waals surface area contributed by atoms with E-state index in [9.17, 15) is 4.79 Å². The van der Waals surface area contributed by atoms with E-state index in [4.69, 9.17) is 20.9 Å². The summed E-state index contributed by atoms with van der Waals surface area (Å²) in [5, 5.41) is 3.25. The van der Waals surface area contributed by atoms with Crippen LogP contribution < -0.4 is 26.3 Å². The maximum Gasteiger partial charge on any atom is 0.267 e. The van der Waals surface area contributed by atoms with Gasteiger partial charge in [-0.05, 0) is 42.3 Å². The number of aromatic nitrogens is 3. The summed E-state index contributed by atoms with van der Waals surface area (Å²) in [6.45, 7) is 0.463. The predicted molar refractivity (Wildman–Crippen MR) is 151 cm³/mol. The summed E-state index contributed by atoms with van der Waals surface area (Å²) < 4.78 is 11.9. The lowest BCUT2D eigenvalue weighted by atomic mass is 10.1. The molecule has 0 atom stereocenters. The van der Waals surface area contributed by atoms with Crippen molar-refractivity contribution in [3.05, 3.63) is 115 Å². The molecule has 0 unspecified atom stereocenters. The van der Waals surface area contributed by atoms with Crippen LogP contribution in [0.5, 0.6) is 17.2 Å².